The van der Waals surface area contributed by atoms with Gasteiger partial charge in [-0.25, -0.2) is 0 Å². The van der Waals surface area contributed by atoms with Crippen LogP contribution in [0, 0.1) is 24.2 Å². The van der Waals surface area contributed by atoms with Gasteiger partial charge in [0.1, 0.15) is 6.07 Å². The predicted molar refractivity (Wildman–Crippen MR) is 138 cm³/mol. The second kappa shape index (κ2) is 10.4. The van der Waals surface area contributed by atoms with Crippen LogP contribution in [0.25, 0.3) is 11.7 Å². The number of anilines is 3. The lowest BCUT2D eigenvalue weighted by Crippen LogP contribution is -2.38. The molecule has 37 heavy (non-hydrogen) atoms. The molecule has 1 aliphatic rings. The van der Waals surface area contributed by atoms with Crippen LogP contribution in [0.15, 0.2) is 75.8 Å². The van der Waals surface area contributed by atoms with Gasteiger partial charge in [0.2, 0.25) is 17.5 Å². The third-order valence-corrected chi connectivity index (χ3v) is 6.48. The zero-order valence-corrected chi connectivity index (χ0v) is 20.2. The second-order valence-electron chi connectivity index (χ2n) is 8.81. The van der Waals surface area contributed by atoms with Crippen LogP contribution in [0.4, 0.5) is 17.3 Å². The smallest absolute Gasteiger partial charge is 0.266 e. The van der Waals surface area contributed by atoms with E-state index in [1.165, 1.54) is 6.26 Å². The number of hydrogen-bond acceptors (Lipinski definition) is 7. The molecule has 0 radical (unpaired) electrons. The highest BCUT2D eigenvalue weighted by Gasteiger charge is 2.29. The lowest BCUT2D eigenvalue weighted by Gasteiger charge is -2.31. The van der Waals surface area contributed by atoms with Gasteiger partial charge in [0.15, 0.2) is 5.76 Å². The number of hydrogen-bond donors (Lipinski definition) is 2. The summed E-state index contributed by atoms with van der Waals surface area (Å²) in [5, 5.41) is 15.5. The van der Waals surface area contributed by atoms with Crippen LogP contribution in [-0.2, 0) is 4.79 Å². The molecule has 4 aromatic rings. The highest BCUT2D eigenvalue weighted by Crippen LogP contribution is 2.32. The van der Waals surface area contributed by atoms with Crippen molar-refractivity contribution < 1.29 is 18.4 Å². The van der Waals surface area contributed by atoms with Gasteiger partial charge in [-0.15, -0.1) is 0 Å². The molecule has 2 aromatic heterocycles. The minimum Gasteiger partial charge on any atom is -0.459 e. The Labute approximate surface area is 213 Å². The summed E-state index contributed by atoms with van der Waals surface area (Å²) in [4.78, 5) is 31.8. The molecule has 9 nitrogen and oxygen atoms in total. The molecule has 2 N–H and O–H groups in total. The number of carbonyl (C=O) groups excluding carboxylic acids is 2. The first-order valence-electron chi connectivity index (χ1n) is 12.0. The van der Waals surface area contributed by atoms with E-state index in [1.807, 2.05) is 42.2 Å². The van der Waals surface area contributed by atoms with Crippen LogP contribution in [-0.4, -0.2) is 29.9 Å². The van der Waals surface area contributed by atoms with Crippen LogP contribution in [0.2, 0.25) is 0 Å². The van der Waals surface area contributed by atoms with Gasteiger partial charge in [-0.3, -0.25) is 9.59 Å². The fourth-order valence-corrected chi connectivity index (χ4v) is 4.37. The quantitative estimate of drug-likeness (QED) is 0.376. The summed E-state index contributed by atoms with van der Waals surface area (Å²) in [5.41, 5.74) is 2.83. The van der Waals surface area contributed by atoms with Gasteiger partial charge in [-0.2, -0.15) is 10.2 Å². The number of benzene rings is 2. The Balaban J connectivity index is 1.22. The highest BCUT2D eigenvalue weighted by molar-refractivity contribution is 6.05. The fourth-order valence-electron chi connectivity index (χ4n) is 4.37. The van der Waals surface area contributed by atoms with Crippen molar-refractivity contribution in [2.24, 2.45) is 5.92 Å². The normalized spacial score (nSPS) is 13.7. The molecular formula is C28H25N5O4. The molecule has 1 saturated heterocycles. The van der Waals surface area contributed by atoms with E-state index in [0.29, 0.717) is 54.5 Å². The topological polar surface area (TPSA) is 124 Å². The first-order valence-corrected chi connectivity index (χ1v) is 12.0. The van der Waals surface area contributed by atoms with Crippen LogP contribution in [0.1, 0.15) is 34.5 Å². The Bertz CT molecular complexity index is 1450. The van der Waals surface area contributed by atoms with E-state index in [-0.39, 0.29) is 29.3 Å². The van der Waals surface area contributed by atoms with E-state index in [9.17, 15) is 14.9 Å². The molecule has 2 aromatic carbocycles. The molecule has 9 heteroatoms. The van der Waals surface area contributed by atoms with Gasteiger partial charge in [0.05, 0.1) is 6.26 Å². The summed E-state index contributed by atoms with van der Waals surface area (Å²) in [6, 6.07) is 19.9. The molecule has 2 amide bonds. The second-order valence-corrected chi connectivity index (χ2v) is 8.81. The zero-order valence-electron chi connectivity index (χ0n) is 20.2. The first kappa shape index (κ1) is 23.9. The molecule has 0 saturated carbocycles. The number of aromatic nitrogens is 1. The first-order chi connectivity index (χ1) is 18.0. The maximum Gasteiger partial charge on any atom is 0.266 e. The number of oxazole rings is 1. The van der Waals surface area contributed by atoms with E-state index >= 15 is 0 Å². The number of furan rings is 1. The lowest BCUT2D eigenvalue weighted by atomic mass is 9.95. The summed E-state index contributed by atoms with van der Waals surface area (Å²) < 4.78 is 11.2. The third-order valence-electron chi connectivity index (χ3n) is 6.48. The Morgan fingerprint density at radius 3 is 2.41 bits per heavy atom. The van der Waals surface area contributed by atoms with E-state index in [1.54, 1.807) is 30.3 Å². The number of rotatable bonds is 6. The number of piperidine rings is 1. The Kier molecular flexibility index (Phi) is 6.72. The number of carbonyl (C=O) groups is 2. The number of nitriles is 1. The molecule has 0 spiro atoms. The maximum absolute atomic E-state index is 13.1. The molecule has 1 aliphatic heterocycles. The summed E-state index contributed by atoms with van der Waals surface area (Å²) >= 11 is 0. The van der Waals surface area contributed by atoms with E-state index < -0.39 is 0 Å². The molecule has 3 heterocycles. The van der Waals surface area contributed by atoms with E-state index in [4.69, 9.17) is 8.83 Å². The minimum absolute atomic E-state index is 0.0800. The van der Waals surface area contributed by atoms with E-state index in [2.05, 4.69) is 21.7 Å². The molecule has 1 fully saturated rings. The Hall–Kier alpha value is -4.84. The van der Waals surface area contributed by atoms with Crippen molar-refractivity contribution in [3.05, 3.63) is 83.7 Å². The fraction of sp³-hybridized carbons (Fsp3) is 0.214. The minimum atomic E-state index is -0.209. The van der Waals surface area contributed by atoms with Crippen LogP contribution in [0.3, 0.4) is 0 Å². The predicted octanol–water partition coefficient (Wildman–Crippen LogP) is 5.22. The molecule has 0 atom stereocenters. The molecule has 0 unspecified atom stereocenters. The van der Waals surface area contributed by atoms with Gasteiger partial charge >= 0.3 is 0 Å². The van der Waals surface area contributed by atoms with Crippen LogP contribution >= 0.6 is 0 Å². The summed E-state index contributed by atoms with van der Waals surface area (Å²) in [7, 11) is 0. The number of nitrogens with one attached hydrogen (secondary N) is 2. The average molecular weight is 496 g/mol. The summed E-state index contributed by atoms with van der Waals surface area (Å²) in [5.74, 6) is 0.616. The highest BCUT2D eigenvalue weighted by atomic mass is 16.4. The molecule has 186 valence electrons. The maximum atomic E-state index is 13.1. The standard InChI is InChI=1S/C28H25N5O4/c1-18-21(30-25(34)19-7-3-2-4-8-19)9-5-10-22(18)31-26(35)20-12-14-33(15-13-20)28-23(17-29)32-27(37-28)24-11-6-16-36-24/h2-11,16,20H,12-15H2,1H3,(H,30,34)(H,31,35). The van der Waals surface area contributed by atoms with Gasteiger partial charge in [-0.1, -0.05) is 24.3 Å². The largest absolute Gasteiger partial charge is 0.459 e. The summed E-state index contributed by atoms with van der Waals surface area (Å²) in [6.07, 6.45) is 2.71. The van der Waals surface area contributed by atoms with Crippen molar-refractivity contribution in [1.29, 1.82) is 5.26 Å². The van der Waals surface area contributed by atoms with Gasteiger partial charge in [0, 0.05) is 35.9 Å². The van der Waals surface area contributed by atoms with Gasteiger partial charge < -0.3 is 24.4 Å². The average Bonchev–Trinajstić information content (AvgIpc) is 3.62. The van der Waals surface area contributed by atoms with Crippen LogP contribution < -0.4 is 15.5 Å². The summed E-state index contributed by atoms with van der Waals surface area (Å²) in [6.45, 7) is 2.96. The number of amides is 2. The van der Waals surface area contributed by atoms with Crippen molar-refractivity contribution in [3.63, 3.8) is 0 Å². The molecule has 0 bridgehead atoms. The van der Waals surface area contributed by atoms with Crippen molar-refractivity contribution >= 4 is 29.1 Å². The molecule has 0 aliphatic carbocycles. The monoisotopic (exact) mass is 495 g/mol. The van der Waals surface area contributed by atoms with Gasteiger partial charge in [-0.05, 0) is 61.7 Å². The lowest BCUT2D eigenvalue weighted by molar-refractivity contribution is -0.120. The van der Waals surface area contributed by atoms with Gasteiger partial charge in [0.25, 0.3) is 11.8 Å². The third kappa shape index (κ3) is 5.09. The zero-order chi connectivity index (χ0) is 25.8. The molecular weight excluding hydrogens is 470 g/mol. The van der Waals surface area contributed by atoms with Crippen molar-refractivity contribution in [3.8, 4) is 17.7 Å². The van der Waals surface area contributed by atoms with Crippen LogP contribution in [0.5, 0.6) is 0 Å². The van der Waals surface area contributed by atoms with Crippen molar-refractivity contribution in [2.45, 2.75) is 19.8 Å². The SMILES string of the molecule is Cc1c(NC(=O)c2ccccc2)cccc1NC(=O)C1CCN(c2oc(-c3ccco3)nc2C#N)CC1. The number of nitrogens with zero attached hydrogens (tertiary/aromatic N) is 3. The van der Waals surface area contributed by atoms with Crippen molar-refractivity contribution in [2.75, 3.05) is 28.6 Å². The van der Waals surface area contributed by atoms with Crippen molar-refractivity contribution in [1.82, 2.24) is 4.98 Å². The molecule has 5 rings (SSSR count). The Morgan fingerprint density at radius 1 is 1.00 bits per heavy atom. The Morgan fingerprint density at radius 2 is 1.73 bits per heavy atom. The van der Waals surface area contributed by atoms with E-state index in [0.717, 1.165) is 5.56 Å².